The molecule has 9 nitrogen and oxygen atoms in total. The summed E-state index contributed by atoms with van der Waals surface area (Å²) in [6, 6.07) is 10.1. The number of methoxy groups -OCH3 is 1. The molecule has 32 heavy (non-hydrogen) atoms. The van der Waals surface area contributed by atoms with Gasteiger partial charge in [0.05, 0.1) is 36.3 Å². The first kappa shape index (κ1) is 22.8. The van der Waals surface area contributed by atoms with Crippen molar-refractivity contribution in [2.75, 3.05) is 13.7 Å². The monoisotopic (exact) mass is 438 g/mol. The topological polar surface area (TPSA) is 142 Å². The number of Topliss-reactive ketones (excluding diaryl/α,β-unsaturated/α-hetero) is 1. The first-order chi connectivity index (χ1) is 15.4. The molecule has 1 aromatic heterocycles. The number of aliphatic hydroxyl groups excluding tert-OH is 3. The molecule has 2 atom stereocenters. The fourth-order valence-electron chi connectivity index (χ4n) is 3.14. The van der Waals surface area contributed by atoms with Crippen LogP contribution in [0.1, 0.15) is 29.8 Å². The molecule has 2 aromatic rings. The maximum atomic E-state index is 12.6. The average Bonchev–Trinajstić information content (AvgIpc) is 2.80. The van der Waals surface area contributed by atoms with Crippen LogP contribution < -0.4 is 9.47 Å². The van der Waals surface area contributed by atoms with E-state index in [0.29, 0.717) is 28.3 Å². The van der Waals surface area contributed by atoms with Crippen molar-refractivity contribution in [2.24, 2.45) is 0 Å². The number of allylic oxidation sites excluding steroid dienone is 2. The number of hydrogen-bond donors (Lipinski definition) is 3. The number of aliphatic hydroxyl groups is 3. The van der Waals surface area contributed by atoms with Gasteiger partial charge in [0.1, 0.15) is 18.4 Å². The Hall–Kier alpha value is -3.87. The molecule has 3 N–H and O–H groups in total. The molecule has 3 rings (SSSR count). The van der Waals surface area contributed by atoms with Gasteiger partial charge < -0.3 is 29.5 Å². The normalized spacial score (nSPS) is 18.7. The number of ether oxygens (including phenoxy) is 3. The summed E-state index contributed by atoms with van der Waals surface area (Å²) in [7, 11) is 1.47. The highest BCUT2D eigenvalue weighted by molar-refractivity contribution is 6.01. The van der Waals surface area contributed by atoms with E-state index in [9.17, 15) is 20.1 Å². The highest BCUT2D eigenvalue weighted by Gasteiger charge is 2.38. The number of hydrogen-bond acceptors (Lipinski definition) is 9. The zero-order valence-corrected chi connectivity index (χ0v) is 17.5. The molecule has 2 unspecified atom stereocenters. The molecular formula is C23H22N2O7. The summed E-state index contributed by atoms with van der Waals surface area (Å²) >= 11 is 0. The van der Waals surface area contributed by atoms with Gasteiger partial charge in [-0.2, -0.15) is 5.26 Å². The van der Waals surface area contributed by atoms with Crippen molar-refractivity contribution in [2.45, 2.75) is 25.7 Å². The van der Waals surface area contributed by atoms with Crippen LogP contribution in [0.25, 0.3) is 0 Å². The minimum atomic E-state index is -1.56. The smallest absolute Gasteiger partial charge is 0.197 e. The van der Waals surface area contributed by atoms with E-state index in [1.54, 1.807) is 30.3 Å². The third kappa shape index (κ3) is 4.88. The molecule has 0 bridgehead atoms. The van der Waals surface area contributed by atoms with Crippen molar-refractivity contribution in [1.82, 2.24) is 4.98 Å². The lowest BCUT2D eigenvalue weighted by molar-refractivity contribution is -0.134. The summed E-state index contributed by atoms with van der Waals surface area (Å²) in [6.45, 7) is 0.841. The van der Waals surface area contributed by atoms with Gasteiger partial charge in [0.15, 0.2) is 29.5 Å². The second kappa shape index (κ2) is 9.96. The Bertz CT molecular complexity index is 1100. The third-order valence-corrected chi connectivity index (χ3v) is 4.75. The highest BCUT2D eigenvalue weighted by atomic mass is 16.5. The van der Waals surface area contributed by atoms with E-state index in [4.69, 9.17) is 19.5 Å². The van der Waals surface area contributed by atoms with E-state index in [-0.39, 0.29) is 23.7 Å². The van der Waals surface area contributed by atoms with E-state index in [1.165, 1.54) is 26.3 Å². The van der Waals surface area contributed by atoms with Gasteiger partial charge in [-0.15, -0.1) is 0 Å². The molecule has 2 heterocycles. The van der Waals surface area contributed by atoms with Crippen LogP contribution in [0.3, 0.4) is 0 Å². The number of ketones is 1. The molecule has 1 aromatic carbocycles. The molecule has 166 valence electrons. The van der Waals surface area contributed by atoms with Crippen molar-refractivity contribution in [3.8, 4) is 17.6 Å². The van der Waals surface area contributed by atoms with Gasteiger partial charge >= 0.3 is 0 Å². The van der Waals surface area contributed by atoms with Crippen LogP contribution >= 0.6 is 0 Å². The number of benzene rings is 1. The molecule has 0 fully saturated rings. The zero-order chi connectivity index (χ0) is 23.3. The SMILES string of the molecule is COc1ccc(C2OC(/C=C(\C)O)=C(CO)C(=O)C2O)cc1OCc1ccc(C#N)cn1. The van der Waals surface area contributed by atoms with Crippen LogP contribution in [0.15, 0.2) is 59.7 Å². The minimum absolute atomic E-state index is 0.0205. The fourth-order valence-corrected chi connectivity index (χ4v) is 3.14. The summed E-state index contributed by atoms with van der Waals surface area (Å²) < 4.78 is 16.9. The maximum absolute atomic E-state index is 12.6. The molecule has 0 saturated heterocycles. The Morgan fingerprint density at radius 2 is 2.09 bits per heavy atom. The summed E-state index contributed by atoms with van der Waals surface area (Å²) in [5.41, 5.74) is 1.31. The van der Waals surface area contributed by atoms with Crippen molar-refractivity contribution in [3.63, 3.8) is 0 Å². The van der Waals surface area contributed by atoms with E-state index in [1.807, 2.05) is 6.07 Å². The molecular weight excluding hydrogens is 416 g/mol. The summed E-state index contributed by atoms with van der Waals surface area (Å²) in [5.74, 6) is -0.101. The van der Waals surface area contributed by atoms with E-state index in [2.05, 4.69) is 4.98 Å². The van der Waals surface area contributed by atoms with E-state index < -0.39 is 24.6 Å². The van der Waals surface area contributed by atoms with Gasteiger partial charge in [-0.05, 0) is 36.8 Å². The Morgan fingerprint density at radius 1 is 1.31 bits per heavy atom. The van der Waals surface area contributed by atoms with Crippen molar-refractivity contribution >= 4 is 5.78 Å². The number of carbonyl (C=O) groups is 1. The molecule has 0 saturated carbocycles. The Morgan fingerprint density at radius 3 is 2.69 bits per heavy atom. The first-order valence-electron chi connectivity index (χ1n) is 9.64. The summed E-state index contributed by atoms with van der Waals surface area (Å²) in [6.07, 6.45) is -0.00718. The average molecular weight is 438 g/mol. The van der Waals surface area contributed by atoms with E-state index >= 15 is 0 Å². The summed E-state index contributed by atoms with van der Waals surface area (Å²) in [5, 5.41) is 38.5. The van der Waals surface area contributed by atoms with Gasteiger partial charge in [-0.1, -0.05) is 6.07 Å². The lowest BCUT2D eigenvalue weighted by atomic mass is 9.93. The van der Waals surface area contributed by atoms with Gasteiger partial charge in [-0.25, -0.2) is 0 Å². The maximum Gasteiger partial charge on any atom is 0.197 e. The number of nitriles is 1. The molecule has 0 spiro atoms. The number of pyridine rings is 1. The van der Waals surface area contributed by atoms with Crippen LogP contribution in [0.5, 0.6) is 11.5 Å². The first-order valence-corrected chi connectivity index (χ1v) is 9.64. The second-order valence-corrected chi connectivity index (χ2v) is 6.98. The van der Waals surface area contributed by atoms with Crippen molar-refractivity contribution in [1.29, 1.82) is 5.26 Å². The lowest BCUT2D eigenvalue weighted by Crippen LogP contribution is -2.36. The standard InChI is InChI=1S/C23H22N2O7/c1-13(27)7-19-17(11-26)21(28)22(29)23(32-19)15-4-6-18(30-2)20(8-15)31-12-16-5-3-14(9-24)10-25-16/h3-8,10,22-23,26-27,29H,11-12H2,1-2H3/b13-7+. The zero-order valence-electron chi connectivity index (χ0n) is 17.5. The predicted molar refractivity (Wildman–Crippen MR) is 112 cm³/mol. The van der Waals surface area contributed by atoms with Gasteiger partial charge in [0, 0.05) is 12.3 Å². The van der Waals surface area contributed by atoms with Gasteiger partial charge in [0.25, 0.3) is 0 Å². The molecule has 0 amide bonds. The number of carbonyl (C=O) groups excluding carboxylic acids is 1. The molecule has 0 aliphatic carbocycles. The Kier molecular flexibility index (Phi) is 7.10. The second-order valence-electron chi connectivity index (χ2n) is 6.98. The largest absolute Gasteiger partial charge is 0.512 e. The molecule has 0 radical (unpaired) electrons. The van der Waals surface area contributed by atoms with Crippen LogP contribution in [0.2, 0.25) is 0 Å². The summed E-state index contributed by atoms with van der Waals surface area (Å²) in [4.78, 5) is 16.7. The van der Waals surface area contributed by atoms with Gasteiger partial charge in [0.2, 0.25) is 0 Å². The molecule has 1 aliphatic rings. The van der Waals surface area contributed by atoms with Crippen LogP contribution in [0.4, 0.5) is 0 Å². The number of rotatable bonds is 7. The predicted octanol–water partition coefficient (Wildman–Crippen LogP) is 2.25. The number of aromatic nitrogens is 1. The quantitative estimate of drug-likeness (QED) is 0.555. The van der Waals surface area contributed by atoms with Crippen molar-refractivity contribution in [3.05, 3.63) is 76.5 Å². The van der Waals surface area contributed by atoms with Crippen LogP contribution in [-0.2, 0) is 16.1 Å². The van der Waals surface area contributed by atoms with Crippen LogP contribution in [0, 0.1) is 11.3 Å². The van der Waals surface area contributed by atoms with Crippen molar-refractivity contribution < 1.29 is 34.3 Å². The minimum Gasteiger partial charge on any atom is -0.512 e. The Labute approximate surface area is 184 Å². The van der Waals surface area contributed by atoms with Gasteiger partial charge in [-0.3, -0.25) is 9.78 Å². The van der Waals surface area contributed by atoms with Crippen LogP contribution in [-0.4, -0.2) is 45.9 Å². The fraction of sp³-hybridized carbons (Fsp3) is 0.261. The third-order valence-electron chi connectivity index (χ3n) is 4.75. The Balaban J connectivity index is 1.89. The lowest BCUT2D eigenvalue weighted by Gasteiger charge is -2.30. The number of nitrogens with zero attached hydrogens (tertiary/aromatic N) is 2. The molecule has 1 aliphatic heterocycles. The highest BCUT2D eigenvalue weighted by Crippen LogP contribution is 2.37. The van der Waals surface area contributed by atoms with E-state index in [0.717, 1.165) is 0 Å². The molecule has 9 heteroatoms.